The third-order valence-electron chi connectivity index (χ3n) is 2.01. The van der Waals surface area contributed by atoms with Gasteiger partial charge in [0.2, 0.25) is 12.6 Å². The van der Waals surface area contributed by atoms with Gasteiger partial charge in [-0.1, -0.05) is 13.8 Å². The molecule has 0 N–H and O–H groups in total. The molecule has 0 aliphatic carbocycles. The molecule has 0 saturated heterocycles. The van der Waals surface area contributed by atoms with Crippen LogP contribution in [0.1, 0.15) is 54.4 Å². The minimum Gasteiger partial charge on any atom is -0.348 e. The molecule has 0 fully saturated rings. The third-order valence-corrected chi connectivity index (χ3v) is 2.01. The van der Waals surface area contributed by atoms with Crippen molar-refractivity contribution in [2.75, 3.05) is 13.2 Å². The van der Waals surface area contributed by atoms with Gasteiger partial charge in [-0.15, -0.1) is 0 Å². The summed E-state index contributed by atoms with van der Waals surface area (Å²) in [5, 5.41) is 0. The lowest BCUT2D eigenvalue weighted by atomic mass is 10.4. The van der Waals surface area contributed by atoms with E-state index in [4.69, 9.17) is 18.9 Å². The van der Waals surface area contributed by atoms with Crippen molar-refractivity contribution in [3.05, 3.63) is 0 Å². The van der Waals surface area contributed by atoms with Crippen LogP contribution in [0.4, 0.5) is 0 Å². The fourth-order valence-corrected chi connectivity index (χ4v) is 1.37. The number of hydrogen-bond acceptors (Lipinski definition) is 4. The molecule has 0 aromatic carbocycles. The molecular weight excluding hydrogens is 232 g/mol. The Hall–Kier alpha value is -0.160. The molecule has 0 aliphatic rings. The van der Waals surface area contributed by atoms with Crippen LogP contribution in [0.5, 0.6) is 0 Å². The van der Waals surface area contributed by atoms with Crippen molar-refractivity contribution in [2.24, 2.45) is 0 Å². The molecule has 4 nitrogen and oxygen atoms in total. The Morgan fingerprint density at radius 2 is 1.06 bits per heavy atom. The van der Waals surface area contributed by atoms with Crippen molar-refractivity contribution in [3.8, 4) is 0 Å². The van der Waals surface area contributed by atoms with Gasteiger partial charge in [0.25, 0.3) is 0 Å². The zero-order valence-corrected chi connectivity index (χ0v) is 12.8. The maximum atomic E-state index is 5.75. The smallest absolute Gasteiger partial charge is 0.209 e. The molecule has 0 spiro atoms. The summed E-state index contributed by atoms with van der Waals surface area (Å²) in [5.41, 5.74) is 0. The van der Waals surface area contributed by atoms with Crippen LogP contribution >= 0.6 is 0 Å². The molecule has 0 atom stereocenters. The van der Waals surface area contributed by atoms with Crippen LogP contribution in [-0.2, 0) is 18.9 Å². The van der Waals surface area contributed by atoms with Gasteiger partial charge >= 0.3 is 0 Å². The van der Waals surface area contributed by atoms with E-state index in [2.05, 4.69) is 13.8 Å². The molecule has 18 heavy (non-hydrogen) atoms. The van der Waals surface area contributed by atoms with Crippen LogP contribution in [0.25, 0.3) is 0 Å². The van der Waals surface area contributed by atoms with Crippen LogP contribution < -0.4 is 0 Å². The average molecular weight is 262 g/mol. The maximum Gasteiger partial charge on any atom is 0.209 e. The second-order valence-electron chi connectivity index (χ2n) is 4.85. The predicted molar refractivity (Wildman–Crippen MR) is 72.5 cm³/mol. The molecule has 0 amide bonds. The van der Waals surface area contributed by atoms with E-state index < -0.39 is 12.6 Å². The zero-order chi connectivity index (χ0) is 14.0. The Kier molecular flexibility index (Phi) is 10.6. The van der Waals surface area contributed by atoms with Gasteiger partial charge in [0.05, 0.1) is 12.2 Å². The monoisotopic (exact) mass is 262 g/mol. The van der Waals surface area contributed by atoms with Gasteiger partial charge in [-0.25, -0.2) is 0 Å². The van der Waals surface area contributed by atoms with E-state index in [-0.39, 0.29) is 12.2 Å². The lowest BCUT2D eigenvalue weighted by Gasteiger charge is -2.30. The normalized spacial score (nSPS) is 12.3. The molecule has 110 valence electrons. The lowest BCUT2D eigenvalue weighted by molar-refractivity contribution is -0.302. The van der Waals surface area contributed by atoms with E-state index >= 15 is 0 Å². The van der Waals surface area contributed by atoms with Crippen LogP contribution in [0, 0.1) is 0 Å². The summed E-state index contributed by atoms with van der Waals surface area (Å²) in [5.74, 6) is 0. The Bertz CT molecular complexity index is 165. The van der Waals surface area contributed by atoms with Gasteiger partial charge in [0.1, 0.15) is 0 Å². The fraction of sp³-hybridized carbons (Fsp3) is 1.00. The second-order valence-corrected chi connectivity index (χ2v) is 4.85. The molecule has 0 aliphatic heterocycles. The highest BCUT2D eigenvalue weighted by Crippen LogP contribution is 2.13. The summed E-state index contributed by atoms with van der Waals surface area (Å²) in [6.07, 6.45) is 1.13. The largest absolute Gasteiger partial charge is 0.348 e. The van der Waals surface area contributed by atoms with E-state index in [0.29, 0.717) is 13.2 Å². The molecule has 0 aromatic rings. The second kappa shape index (κ2) is 10.7. The van der Waals surface area contributed by atoms with Crippen molar-refractivity contribution in [1.82, 2.24) is 0 Å². The molecular formula is C14H30O4. The molecule has 0 aromatic heterocycles. The Morgan fingerprint density at radius 1 is 0.667 bits per heavy atom. The summed E-state index contributed by atoms with van der Waals surface area (Å²) in [6.45, 7) is 13.3. The van der Waals surface area contributed by atoms with Gasteiger partial charge < -0.3 is 18.9 Å². The third kappa shape index (κ3) is 8.86. The van der Waals surface area contributed by atoms with Crippen LogP contribution in [0.15, 0.2) is 0 Å². The lowest BCUT2D eigenvalue weighted by Crippen LogP contribution is -2.40. The molecule has 0 unspecified atom stereocenters. The van der Waals surface area contributed by atoms with Crippen LogP contribution in [0.2, 0.25) is 0 Å². The van der Waals surface area contributed by atoms with Gasteiger partial charge in [-0.05, 0) is 40.5 Å². The topological polar surface area (TPSA) is 36.9 Å². The van der Waals surface area contributed by atoms with Crippen molar-refractivity contribution >= 4 is 0 Å². The minimum atomic E-state index is -0.469. The highest BCUT2D eigenvalue weighted by molar-refractivity contribution is 4.56. The summed E-state index contributed by atoms with van der Waals surface area (Å²) < 4.78 is 22.9. The highest BCUT2D eigenvalue weighted by Gasteiger charge is 2.26. The number of hydrogen-bond donors (Lipinski definition) is 0. The maximum absolute atomic E-state index is 5.75. The first-order valence-corrected chi connectivity index (χ1v) is 7.05. The van der Waals surface area contributed by atoms with E-state index in [1.807, 2.05) is 27.7 Å². The SMILES string of the molecule is CCCOC(OCCC)C(OC(C)C)OC(C)C. The molecule has 4 heteroatoms. The summed E-state index contributed by atoms with van der Waals surface area (Å²) in [6, 6.07) is 0. The van der Waals surface area contributed by atoms with Gasteiger partial charge in [-0.3, -0.25) is 0 Å². The summed E-state index contributed by atoms with van der Waals surface area (Å²) in [4.78, 5) is 0. The quantitative estimate of drug-likeness (QED) is 0.535. The van der Waals surface area contributed by atoms with E-state index in [9.17, 15) is 0 Å². The molecule has 0 bridgehead atoms. The Labute approximate surface area is 112 Å². The fourth-order valence-electron chi connectivity index (χ4n) is 1.37. The van der Waals surface area contributed by atoms with E-state index in [1.54, 1.807) is 0 Å². The van der Waals surface area contributed by atoms with E-state index in [0.717, 1.165) is 12.8 Å². The van der Waals surface area contributed by atoms with Crippen LogP contribution in [-0.4, -0.2) is 38.0 Å². The van der Waals surface area contributed by atoms with Crippen LogP contribution in [0.3, 0.4) is 0 Å². The van der Waals surface area contributed by atoms with Crippen molar-refractivity contribution in [2.45, 2.75) is 79.2 Å². The molecule has 0 heterocycles. The predicted octanol–water partition coefficient (Wildman–Crippen LogP) is 3.34. The summed E-state index contributed by atoms with van der Waals surface area (Å²) >= 11 is 0. The van der Waals surface area contributed by atoms with Gasteiger partial charge in [0, 0.05) is 13.2 Å². The highest BCUT2D eigenvalue weighted by atomic mass is 16.8. The first-order valence-electron chi connectivity index (χ1n) is 7.05. The Balaban J connectivity index is 4.47. The first-order chi connectivity index (χ1) is 8.51. The zero-order valence-electron chi connectivity index (χ0n) is 12.8. The van der Waals surface area contributed by atoms with Gasteiger partial charge in [0.15, 0.2) is 0 Å². The van der Waals surface area contributed by atoms with Gasteiger partial charge in [-0.2, -0.15) is 0 Å². The molecule has 0 saturated carbocycles. The standard InChI is InChI=1S/C14H30O4/c1-7-9-15-13(16-10-8-2)14(17-11(3)4)18-12(5)6/h11-14H,7-10H2,1-6H3. The Morgan fingerprint density at radius 3 is 1.33 bits per heavy atom. The van der Waals surface area contributed by atoms with Crippen molar-refractivity contribution in [3.63, 3.8) is 0 Å². The van der Waals surface area contributed by atoms with E-state index in [1.165, 1.54) is 0 Å². The minimum absolute atomic E-state index is 0.0757. The molecule has 0 radical (unpaired) electrons. The summed E-state index contributed by atoms with van der Waals surface area (Å²) in [7, 11) is 0. The molecule has 0 rings (SSSR count). The number of ether oxygens (including phenoxy) is 4. The first kappa shape index (κ1) is 17.8. The number of rotatable bonds is 11. The van der Waals surface area contributed by atoms with Crippen molar-refractivity contribution < 1.29 is 18.9 Å². The average Bonchev–Trinajstić information content (AvgIpc) is 2.27. The van der Waals surface area contributed by atoms with Crippen molar-refractivity contribution in [1.29, 1.82) is 0 Å².